The second-order valence-corrected chi connectivity index (χ2v) is 3.09. The predicted molar refractivity (Wildman–Crippen MR) is 55.4 cm³/mol. The maximum absolute atomic E-state index is 10.6. The van der Waals surface area contributed by atoms with Gasteiger partial charge in [0.2, 0.25) is 0 Å². The number of carbonyl (C=O) groups is 1. The van der Waals surface area contributed by atoms with Gasteiger partial charge in [-0.1, -0.05) is 0 Å². The summed E-state index contributed by atoms with van der Waals surface area (Å²) in [5, 5.41) is 0. The number of aldehydes is 1. The van der Waals surface area contributed by atoms with Crippen LogP contribution in [0.1, 0.15) is 16.1 Å². The molecule has 2 heterocycles. The molecule has 0 radical (unpaired) electrons. The van der Waals surface area contributed by atoms with Crippen molar-refractivity contribution in [2.24, 2.45) is 0 Å². The van der Waals surface area contributed by atoms with Gasteiger partial charge in [0.1, 0.15) is 0 Å². The first-order valence-electron chi connectivity index (χ1n) is 4.50. The molecule has 0 aliphatic heterocycles. The van der Waals surface area contributed by atoms with Crippen LogP contribution in [-0.4, -0.2) is 21.2 Å². The summed E-state index contributed by atoms with van der Waals surface area (Å²) in [5.41, 5.74) is 2.10. The standard InChI is InChI=1S/C11H9N3O/c1-8-10(7-15)6-13-11(14-8)9-2-4-12-5-3-9/h2-7H,1H3. The second-order valence-electron chi connectivity index (χ2n) is 3.09. The summed E-state index contributed by atoms with van der Waals surface area (Å²) in [4.78, 5) is 22.9. The van der Waals surface area contributed by atoms with Gasteiger partial charge in [-0.05, 0) is 19.1 Å². The van der Waals surface area contributed by atoms with Crippen LogP contribution < -0.4 is 0 Å². The summed E-state index contributed by atoms with van der Waals surface area (Å²) in [6, 6.07) is 3.66. The van der Waals surface area contributed by atoms with Crippen LogP contribution in [-0.2, 0) is 0 Å². The summed E-state index contributed by atoms with van der Waals surface area (Å²) in [5.74, 6) is 0.612. The van der Waals surface area contributed by atoms with E-state index in [0.29, 0.717) is 17.1 Å². The van der Waals surface area contributed by atoms with Crippen LogP contribution >= 0.6 is 0 Å². The fourth-order valence-corrected chi connectivity index (χ4v) is 1.23. The topological polar surface area (TPSA) is 55.7 Å². The summed E-state index contributed by atoms with van der Waals surface area (Å²) < 4.78 is 0. The molecule has 2 rings (SSSR count). The molecule has 0 atom stereocenters. The molecule has 0 amide bonds. The molecule has 0 spiro atoms. The molecule has 0 aliphatic carbocycles. The highest BCUT2D eigenvalue weighted by Gasteiger charge is 2.03. The van der Waals surface area contributed by atoms with Gasteiger partial charge in [0, 0.05) is 24.2 Å². The molecule has 0 fully saturated rings. The lowest BCUT2D eigenvalue weighted by Gasteiger charge is -2.01. The van der Waals surface area contributed by atoms with Crippen molar-refractivity contribution in [3.05, 3.63) is 42.0 Å². The van der Waals surface area contributed by atoms with E-state index in [9.17, 15) is 4.79 Å². The number of aromatic nitrogens is 3. The van der Waals surface area contributed by atoms with E-state index in [1.54, 1.807) is 19.3 Å². The van der Waals surface area contributed by atoms with Crippen LogP contribution in [0, 0.1) is 6.92 Å². The zero-order valence-electron chi connectivity index (χ0n) is 8.21. The van der Waals surface area contributed by atoms with Gasteiger partial charge >= 0.3 is 0 Å². The lowest BCUT2D eigenvalue weighted by atomic mass is 10.2. The molecule has 4 nitrogen and oxygen atoms in total. The monoisotopic (exact) mass is 199 g/mol. The zero-order chi connectivity index (χ0) is 10.7. The first-order valence-corrected chi connectivity index (χ1v) is 4.50. The minimum atomic E-state index is 0.521. The average molecular weight is 199 g/mol. The molecule has 0 N–H and O–H groups in total. The van der Waals surface area contributed by atoms with Crippen LogP contribution in [0.3, 0.4) is 0 Å². The van der Waals surface area contributed by atoms with E-state index in [-0.39, 0.29) is 0 Å². The fourth-order valence-electron chi connectivity index (χ4n) is 1.23. The van der Waals surface area contributed by atoms with Gasteiger partial charge in [0.15, 0.2) is 12.1 Å². The van der Waals surface area contributed by atoms with E-state index in [1.807, 2.05) is 12.1 Å². The number of carbonyl (C=O) groups excluding carboxylic acids is 1. The molecular formula is C11H9N3O. The van der Waals surface area contributed by atoms with Gasteiger partial charge < -0.3 is 0 Å². The molecule has 0 saturated heterocycles. The smallest absolute Gasteiger partial charge is 0.159 e. The predicted octanol–water partition coefficient (Wildman–Crippen LogP) is 1.66. The fraction of sp³-hybridized carbons (Fsp3) is 0.0909. The SMILES string of the molecule is Cc1nc(-c2ccncc2)ncc1C=O. The molecule has 0 unspecified atom stereocenters. The molecule has 0 aliphatic rings. The Kier molecular flexibility index (Phi) is 2.49. The van der Waals surface area contributed by atoms with Crippen molar-refractivity contribution in [1.29, 1.82) is 0 Å². The van der Waals surface area contributed by atoms with Crippen LogP contribution in [0.2, 0.25) is 0 Å². The number of pyridine rings is 1. The lowest BCUT2D eigenvalue weighted by molar-refractivity contribution is 0.112. The van der Waals surface area contributed by atoms with Crippen molar-refractivity contribution in [2.75, 3.05) is 0 Å². The van der Waals surface area contributed by atoms with Crippen LogP contribution in [0.4, 0.5) is 0 Å². The van der Waals surface area contributed by atoms with E-state index < -0.39 is 0 Å². The molecular weight excluding hydrogens is 190 g/mol. The maximum Gasteiger partial charge on any atom is 0.159 e. The molecule has 0 aromatic carbocycles. The van der Waals surface area contributed by atoms with Crippen LogP contribution in [0.5, 0.6) is 0 Å². The highest BCUT2D eigenvalue weighted by atomic mass is 16.1. The van der Waals surface area contributed by atoms with Crippen LogP contribution in [0.15, 0.2) is 30.7 Å². The van der Waals surface area contributed by atoms with Crippen molar-refractivity contribution in [3.8, 4) is 11.4 Å². The Morgan fingerprint density at radius 3 is 2.60 bits per heavy atom. The molecule has 2 aromatic rings. The molecule has 0 bridgehead atoms. The largest absolute Gasteiger partial charge is 0.298 e. The van der Waals surface area contributed by atoms with Crippen molar-refractivity contribution < 1.29 is 4.79 Å². The first kappa shape index (κ1) is 9.45. The Bertz CT molecular complexity index is 482. The van der Waals surface area contributed by atoms with Gasteiger partial charge in [-0.25, -0.2) is 9.97 Å². The van der Waals surface area contributed by atoms with Gasteiger partial charge in [-0.2, -0.15) is 0 Å². The number of hydrogen-bond acceptors (Lipinski definition) is 4. The van der Waals surface area contributed by atoms with Crippen molar-refractivity contribution >= 4 is 6.29 Å². The van der Waals surface area contributed by atoms with Gasteiger partial charge in [0.25, 0.3) is 0 Å². The molecule has 2 aromatic heterocycles. The molecule has 0 saturated carbocycles. The minimum Gasteiger partial charge on any atom is -0.298 e. The number of nitrogens with zero attached hydrogens (tertiary/aromatic N) is 3. The third-order valence-electron chi connectivity index (χ3n) is 2.08. The Morgan fingerprint density at radius 2 is 2.00 bits per heavy atom. The third kappa shape index (κ3) is 1.88. The third-order valence-corrected chi connectivity index (χ3v) is 2.08. The second kappa shape index (κ2) is 3.96. The molecule has 74 valence electrons. The van der Waals surface area contributed by atoms with Gasteiger partial charge in [-0.15, -0.1) is 0 Å². The zero-order valence-corrected chi connectivity index (χ0v) is 8.21. The summed E-state index contributed by atoms with van der Waals surface area (Å²) in [6.45, 7) is 1.79. The van der Waals surface area contributed by atoms with E-state index in [2.05, 4.69) is 15.0 Å². The molecule has 4 heteroatoms. The maximum atomic E-state index is 10.6. The van der Waals surface area contributed by atoms with Crippen molar-refractivity contribution in [3.63, 3.8) is 0 Å². The highest BCUT2D eigenvalue weighted by Crippen LogP contribution is 2.13. The summed E-state index contributed by atoms with van der Waals surface area (Å²) in [7, 11) is 0. The number of rotatable bonds is 2. The van der Waals surface area contributed by atoms with E-state index in [4.69, 9.17) is 0 Å². The highest BCUT2D eigenvalue weighted by molar-refractivity contribution is 5.76. The Hall–Kier alpha value is -2.10. The Labute approximate surface area is 87.0 Å². The quantitative estimate of drug-likeness (QED) is 0.690. The van der Waals surface area contributed by atoms with E-state index in [1.165, 1.54) is 6.20 Å². The molecule has 15 heavy (non-hydrogen) atoms. The number of hydrogen-bond donors (Lipinski definition) is 0. The summed E-state index contributed by atoms with van der Waals surface area (Å²) in [6.07, 6.45) is 5.65. The Balaban J connectivity index is 2.47. The van der Waals surface area contributed by atoms with Gasteiger partial charge in [0.05, 0.1) is 11.3 Å². The van der Waals surface area contributed by atoms with Crippen LogP contribution in [0.25, 0.3) is 11.4 Å². The first-order chi connectivity index (χ1) is 7.31. The van der Waals surface area contributed by atoms with Crippen molar-refractivity contribution in [2.45, 2.75) is 6.92 Å². The van der Waals surface area contributed by atoms with Crippen molar-refractivity contribution in [1.82, 2.24) is 15.0 Å². The number of aryl methyl sites for hydroxylation is 1. The minimum absolute atomic E-state index is 0.521. The van der Waals surface area contributed by atoms with Gasteiger partial charge in [-0.3, -0.25) is 9.78 Å². The normalized spacial score (nSPS) is 9.93. The average Bonchev–Trinajstić information content (AvgIpc) is 2.30. The van der Waals surface area contributed by atoms with E-state index in [0.717, 1.165) is 11.8 Å². The summed E-state index contributed by atoms with van der Waals surface area (Å²) >= 11 is 0. The Morgan fingerprint density at radius 1 is 1.27 bits per heavy atom. The van der Waals surface area contributed by atoms with E-state index >= 15 is 0 Å². The lowest BCUT2D eigenvalue weighted by Crippen LogP contribution is -1.96.